The van der Waals surface area contributed by atoms with Crippen LogP contribution in [-0.2, 0) is 16.2 Å². The van der Waals surface area contributed by atoms with Gasteiger partial charge in [0.2, 0.25) is 0 Å². The number of hydrogen-bond acceptors (Lipinski definition) is 2. The largest absolute Gasteiger partial charge is 0.311 e. The van der Waals surface area contributed by atoms with Crippen molar-refractivity contribution in [2.75, 3.05) is 9.80 Å². The minimum Gasteiger partial charge on any atom is -0.311 e. The molecule has 0 N–H and O–H groups in total. The highest BCUT2D eigenvalue weighted by molar-refractivity contribution is 7.00. The van der Waals surface area contributed by atoms with Gasteiger partial charge in [0.1, 0.15) is 0 Å². The van der Waals surface area contributed by atoms with Gasteiger partial charge in [0.25, 0.3) is 6.71 Å². The van der Waals surface area contributed by atoms with Gasteiger partial charge in [-0.15, -0.1) is 0 Å². The van der Waals surface area contributed by atoms with Gasteiger partial charge in [-0.05, 0) is 166 Å². The lowest BCUT2D eigenvalue weighted by molar-refractivity contribution is 0.590. The second-order valence-corrected chi connectivity index (χ2v) is 23.4. The summed E-state index contributed by atoms with van der Waals surface area (Å²) in [6, 6.07) is 84.8. The normalized spacial score (nSPS) is 14.0. The molecule has 2 aliphatic heterocycles. The molecule has 3 aliphatic rings. The van der Waals surface area contributed by atoms with Crippen molar-refractivity contribution >= 4 is 57.2 Å². The zero-order chi connectivity index (χ0) is 50.7. The highest BCUT2D eigenvalue weighted by atomic mass is 15.2. The van der Waals surface area contributed by atoms with Crippen LogP contribution in [-0.4, -0.2) is 6.71 Å². The lowest BCUT2D eigenvalue weighted by Gasteiger charge is -2.45. The Labute approximate surface area is 438 Å². The molecule has 0 atom stereocenters. The molecule has 2 heterocycles. The topological polar surface area (TPSA) is 6.48 Å². The van der Waals surface area contributed by atoms with Crippen molar-refractivity contribution in [3.8, 4) is 55.6 Å². The van der Waals surface area contributed by atoms with E-state index in [9.17, 15) is 0 Å². The third-order valence-corrected chi connectivity index (χ3v) is 16.4. The Bertz CT molecular complexity index is 3800. The lowest BCUT2D eigenvalue weighted by atomic mass is 9.33. The molecular formula is C71H61BN2. The van der Waals surface area contributed by atoms with Gasteiger partial charge in [0, 0.05) is 39.5 Å². The quantitative estimate of drug-likeness (QED) is 0.153. The monoisotopic (exact) mass is 952 g/mol. The Hall–Kier alpha value is -8.14. The van der Waals surface area contributed by atoms with Crippen LogP contribution >= 0.6 is 0 Å². The standard InChI is InChI=1S/C71H61BN2/c1-69(2,3)52-33-38-62-65(41-52)74(55-36-30-50(31-37-55)58-45-61-59(44-57(58)49-24-16-11-17-25-49)56-26-18-19-27-60(56)71(61,7)8)67-43-53(70(4,5)6)42-66-68(67)72(62)63-40-51(47-22-14-10-15-23-47)32-39-64(63)73(66)54-34-28-48(29-35-54)46-20-12-9-13-21-46/h9-45H,1-8H3. The molecule has 10 aromatic carbocycles. The molecule has 3 heteroatoms. The third-order valence-electron chi connectivity index (χ3n) is 16.4. The molecule has 0 unspecified atom stereocenters. The summed E-state index contributed by atoms with van der Waals surface area (Å²) in [5, 5.41) is 0. The van der Waals surface area contributed by atoms with Crippen molar-refractivity contribution in [3.05, 3.63) is 247 Å². The maximum absolute atomic E-state index is 2.60. The fraction of sp³-hybridized carbons (Fsp3) is 0.155. The van der Waals surface area contributed by atoms with Gasteiger partial charge in [-0.3, -0.25) is 0 Å². The Morgan fingerprint density at radius 2 is 0.797 bits per heavy atom. The smallest absolute Gasteiger partial charge is 0.252 e. The summed E-state index contributed by atoms with van der Waals surface area (Å²) < 4.78 is 0. The molecule has 0 saturated carbocycles. The number of nitrogens with zero attached hydrogens (tertiary/aromatic N) is 2. The van der Waals surface area contributed by atoms with Gasteiger partial charge in [0.15, 0.2) is 0 Å². The van der Waals surface area contributed by atoms with Crippen LogP contribution in [0.15, 0.2) is 224 Å². The fourth-order valence-corrected chi connectivity index (χ4v) is 12.3. The van der Waals surface area contributed by atoms with E-state index in [0.29, 0.717) is 0 Å². The van der Waals surface area contributed by atoms with Crippen LogP contribution in [0.3, 0.4) is 0 Å². The molecular weight excluding hydrogens is 892 g/mol. The van der Waals surface area contributed by atoms with Gasteiger partial charge in [-0.2, -0.15) is 0 Å². The van der Waals surface area contributed by atoms with E-state index >= 15 is 0 Å². The van der Waals surface area contributed by atoms with E-state index in [1.54, 1.807) is 0 Å². The summed E-state index contributed by atoms with van der Waals surface area (Å²) in [6.07, 6.45) is 0. The number of fused-ring (bicyclic) bond motifs is 7. The average molecular weight is 953 g/mol. The maximum Gasteiger partial charge on any atom is 0.252 e. The van der Waals surface area contributed by atoms with E-state index in [4.69, 9.17) is 0 Å². The van der Waals surface area contributed by atoms with Crippen LogP contribution < -0.4 is 26.2 Å². The van der Waals surface area contributed by atoms with Crippen molar-refractivity contribution in [2.45, 2.75) is 71.6 Å². The maximum atomic E-state index is 2.60. The lowest BCUT2D eigenvalue weighted by Crippen LogP contribution is -2.61. The Kier molecular flexibility index (Phi) is 10.5. The predicted octanol–water partition coefficient (Wildman–Crippen LogP) is 17.3. The average Bonchev–Trinajstić information content (AvgIpc) is 3.67. The molecule has 358 valence electrons. The highest BCUT2D eigenvalue weighted by Crippen LogP contribution is 2.53. The summed E-state index contributed by atoms with van der Waals surface area (Å²) in [5.41, 5.74) is 28.7. The number of hydrogen-bond donors (Lipinski definition) is 0. The molecule has 13 rings (SSSR count). The minimum absolute atomic E-state index is 0.0145. The van der Waals surface area contributed by atoms with Crippen LogP contribution in [0.2, 0.25) is 0 Å². The van der Waals surface area contributed by atoms with Crippen molar-refractivity contribution in [3.63, 3.8) is 0 Å². The summed E-state index contributed by atoms with van der Waals surface area (Å²) in [7, 11) is 0. The first-order valence-corrected chi connectivity index (χ1v) is 26.4. The first-order chi connectivity index (χ1) is 35.7. The number of benzene rings is 10. The van der Waals surface area contributed by atoms with Crippen molar-refractivity contribution in [2.24, 2.45) is 0 Å². The predicted molar refractivity (Wildman–Crippen MR) is 317 cm³/mol. The van der Waals surface area contributed by atoms with Gasteiger partial charge in [0.05, 0.1) is 0 Å². The van der Waals surface area contributed by atoms with E-state index < -0.39 is 0 Å². The SMILES string of the molecule is CC(C)(C)c1ccc2c(c1)N(c1ccc(-c3cc4c(cc3-c3ccccc3)-c3ccccc3C4(C)C)cc1)c1cc(C(C)(C)C)cc3c1B2c1cc(-c2ccccc2)ccc1N3c1ccc(-c2ccccc2)cc1. The summed E-state index contributed by atoms with van der Waals surface area (Å²) in [4.78, 5) is 5.15. The van der Waals surface area contributed by atoms with Crippen molar-refractivity contribution < 1.29 is 0 Å². The van der Waals surface area contributed by atoms with Gasteiger partial charge >= 0.3 is 0 Å². The van der Waals surface area contributed by atoms with E-state index in [2.05, 4.69) is 290 Å². The number of rotatable bonds is 6. The van der Waals surface area contributed by atoms with E-state index in [0.717, 1.165) is 11.4 Å². The zero-order valence-electron chi connectivity index (χ0n) is 43.8. The molecule has 10 aromatic rings. The third kappa shape index (κ3) is 7.39. The van der Waals surface area contributed by atoms with Gasteiger partial charge < -0.3 is 9.80 Å². The zero-order valence-corrected chi connectivity index (χ0v) is 43.8. The number of anilines is 6. The molecule has 2 nitrogen and oxygen atoms in total. The Morgan fingerprint density at radius 3 is 1.41 bits per heavy atom. The molecule has 0 spiro atoms. The van der Waals surface area contributed by atoms with Crippen LogP contribution in [0.25, 0.3) is 55.6 Å². The second kappa shape index (κ2) is 17.0. The van der Waals surface area contributed by atoms with Crippen LogP contribution in [0.1, 0.15) is 77.6 Å². The summed E-state index contributed by atoms with van der Waals surface area (Å²) in [6.45, 7) is 18.8. The summed E-state index contributed by atoms with van der Waals surface area (Å²) >= 11 is 0. The molecule has 0 saturated heterocycles. The van der Waals surface area contributed by atoms with E-state index in [-0.39, 0.29) is 23.0 Å². The van der Waals surface area contributed by atoms with Crippen LogP contribution in [0, 0.1) is 0 Å². The Morgan fingerprint density at radius 1 is 0.324 bits per heavy atom. The van der Waals surface area contributed by atoms with Gasteiger partial charge in [-0.1, -0.05) is 219 Å². The molecule has 74 heavy (non-hydrogen) atoms. The molecule has 0 amide bonds. The Balaban J connectivity index is 1.04. The van der Waals surface area contributed by atoms with Crippen molar-refractivity contribution in [1.29, 1.82) is 0 Å². The van der Waals surface area contributed by atoms with E-state index in [1.807, 2.05) is 0 Å². The minimum atomic E-state index is -0.140. The van der Waals surface area contributed by atoms with Gasteiger partial charge in [-0.25, -0.2) is 0 Å². The molecule has 0 fully saturated rings. The first kappa shape index (κ1) is 45.7. The van der Waals surface area contributed by atoms with E-state index in [1.165, 1.54) is 117 Å². The van der Waals surface area contributed by atoms with Crippen LogP contribution in [0.4, 0.5) is 34.1 Å². The molecule has 1 aliphatic carbocycles. The molecule has 0 aromatic heterocycles. The molecule has 0 radical (unpaired) electrons. The summed E-state index contributed by atoms with van der Waals surface area (Å²) in [5.74, 6) is 0. The fourth-order valence-electron chi connectivity index (χ4n) is 12.3. The van der Waals surface area contributed by atoms with Crippen molar-refractivity contribution in [1.82, 2.24) is 0 Å². The molecule has 0 bridgehead atoms. The van der Waals surface area contributed by atoms with Crippen LogP contribution in [0.5, 0.6) is 0 Å². The first-order valence-electron chi connectivity index (χ1n) is 26.4. The highest BCUT2D eigenvalue weighted by Gasteiger charge is 2.45. The second-order valence-electron chi connectivity index (χ2n) is 23.4.